The molecule has 0 atom stereocenters. The quantitative estimate of drug-likeness (QED) is 0.752. The van der Waals surface area contributed by atoms with Gasteiger partial charge in [0.05, 0.1) is 4.90 Å². The third-order valence-electron chi connectivity index (χ3n) is 5.29. The van der Waals surface area contributed by atoms with Gasteiger partial charge < -0.3 is 10.1 Å². The van der Waals surface area contributed by atoms with Gasteiger partial charge >= 0.3 is 0 Å². The highest BCUT2D eigenvalue weighted by Gasteiger charge is 2.36. The fraction of sp³-hybridized carbons (Fsp3) is 0.381. The van der Waals surface area contributed by atoms with Gasteiger partial charge in [0.25, 0.3) is 0 Å². The first-order chi connectivity index (χ1) is 13.7. The van der Waals surface area contributed by atoms with Gasteiger partial charge in [0.2, 0.25) is 15.9 Å². The summed E-state index contributed by atoms with van der Waals surface area (Å²) in [7, 11) is -3.77. The monoisotopic (exact) mass is 420 g/mol. The number of hydrogen-bond acceptors (Lipinski definition) is 4. The van der Waals surface area contributed by atoms with Crippen molar-refractivity contribution in [2.45, 2.75) is 37.0 Å². The summed E-state index contributed by atoms with van der Waals surface area (Å²) in [6.45, 7) is 4.30. The molecule has 8 heteroatoms. The van der Waals surface area contributed by atoms with E-state index in [0.29, 0.717) is 37.3 Å². The number of halogens is 1. The number of aryl methyl sites for hydroxylation is 1. The van der Waals surface area contributed by atoms with E-state index in [1.165, 1.54) is 25.1 Å². The zero-order valence-electron chi connectivity index (χ0n) is 16.5. The molecule has 1 saturated heterocycles. The lowest BCUT2D eigenvalue weighted by Gasteiger charge is -2.38. The van der Waals surface area contributed by atoms with Crippen molar-refractivity contribution in [2.24, 2.45) is 0 Å². The second-order valence-electron chi connectivity index (χ2n) is 7.39. The van der Waals surface area contributed by atoms with Crippen LogP contribution in [0.15, 0.2) is 47.4 Å². The molecule has 2 N–H and O–H groups in total. The summed E-state index contributed by atoms with van der Waals surface area (Å²) >= 11 is 0. The molecule has 0 aromatic heterocycles. The van der Waals surface area contributed by atoms with E-state index in [9.17, 15) is 17.6 Å². The number of nitrogens with one attached hydrogen (secondary N) is 2. The van der Waals surface area contributed by atoms with Crippen molar-refractivity contribution in [1.82, 2.24) is 4.72 Å². The molecule has 6 nitrogen and oxygen atoms in total. The predicted molar refractivity (Wildman–Crippen MR) is 109 cm³/mol. The number of rotatable bonds is 6. The molecule has 1 aliphatic heterocycles. The zero-order valence-corrected chi connectivity index (χ0v) is 17.3. The average molecular weight is 421 g/mol. The van der Waals surface area contributed by atoms with Gasteiger partial charge in [-0.3, -0.25) is 4.79 Å². The maximum atomic E-state index is 13.4. The van der Waals surface area contributed by atoms with Gasteiger partial charge in [-0.05, 0) is 61.2 Å². The lowest BCUT2D eigenvalue weighted by molar-refractivity contribution is -0.114. The van der Waals surface area contributed by atoms with E-state index in [0.717, 1.165) is 5.56 Å². The Kier molecular flexibility index (Phi) is 6.36. The molecule has 0 aliphatic carbocycles. The van der Waals surface area contributed by atoms with Gasteiger partial charge in [-0.1, -0.05) is 12.1 Å². The smallest absolute Gasteiger partial charge is 0.240 e. The van der Waals surface area contributed by atoms with Crippen molar-refractivity contribution in [1.29, 1.82) is 0 Å². The van der Waals surface area contributed by atoms with Gasteiger partial charge in [0, 0.05) is 37.8 Å². The Morgan fingerprint density at radius 2 is 1.79 bits per heavy atom. The van der Waals surface area contributed by atoms with E-state index in [-0.39, 0.29) is 23.2 Å². The van der Waals surface area contributed by atoms with Crippen LogP contribution >= 0.6 is 0 Å². The lowest BCUT2D eigenvalue weighted by atomic mass is 9.74. The van der Waals surface area contributed by atoms with Gasteiger partial charge in [-0.15, -0.1) is 0 Å². The van der Waals surface area contributed by atoms with Crippen molar-refractivity contribution >= 4 is 21.6 Å². The number of carbonyl (C=O) groups is 1. The molecular weight excluding hydrogens is 395 g/mol. The number of benzene rings is 2. The lowest BCUT2D eigenvalue weighted by Crippen LogP contribution is -2.44. The minimum atomic E-state index is -3.77. The Hall–Kier alpha value is -2.29. The first kappa shape index (κ1) is 21.4. The fourth-order valence-electron chi connectivity index (χ4n) is 3.68. The molecule has 3 rings (SSSR count). The third-order valence-corrected chi connectivity index (χ3v) is 6.85. The van der Waals surface area contributed by atoms with Gasteiger partial charge in [-0.25, -0.2) is 17.5 Å². The fourth-order valence-corrected chi connectivity index (χ4v) is 5.03. The van der Waals surface area contributed by atoms with Gasteiger partial charge in [0.15, 0.2) is 0 Å². The number of carbonyl (C=O) groups excluding carboxylic acids is 1. The van der Waals surface area contributed by atoms with Crippen LogP contribution in [0, 0.1) is 12.7 Å². The molecule has 1 fully saturated rings. The summed E-state index contributed by atoms with van der Waals surface area (Å²) in [5.41, 5.74) is 1.51. The molecule has 0 unspecified atom stereocenters. The third kappa shape index (κ3) is 5.01. The summed E-state index contributed by atoms with van der Waals surface area (Å²) in [5, 5.41) is 2.64. The molecule has 0 radical (unpaired) electrons. The summed E-state index contributed by atoms with van der Waals surface area (Å²) in [6, 6.07) is 10.9. The van der Waals surface area contributed by atoms with Crippen molar-refractivity contribution in [2.75, 3.05) is 25.1 Å². The molecule has 2 aromatic carbocycles. The highest BCUT2D eigenvalue weighted by atomic mass is 32.2. The van der Waals surface area contributed by atoms with Crippen molar-refractivity contribution < 1.29 is 22.3 Å². The number of sulfonamides is 1. The van der Waals surface area contributed by atoms with Crippen LogP contribution in [-0.4, -0.2) is 34.1 Å². The highest BCUT2D eigenvalue weighted by molar-refractivity contribution is 7.89. The molecule has 2 aromatic rings. The number of ether oxygens (including phenoxy) is 1. The Bertz CT molecular complexity index is 984. The second kappa shape index (κ2) is 8.61. The Morgan fingerprint density at radius 3 is 2.38 bits per heavy atom. The first-order valence-electron chi connectivity index (χ1n) is 9.44. The highest BCUT2D eigenvalue weighted by Crippen LogP contribution is 2.35. The zero-order chi connectivity index (χ0) is 21.1. The maximum absolute atomic E-state index is 13.4. The largest absolute Gasteiger partial charge is 0.381 e. The van der Waals surface area contributed by atoms with E-state index in [2.05, 4.69) is 10.0 Å². The van der Waals surface area contributed by atoms with E-state index in [1.54, 1.807) is 31.2 Å². The summed E-state index contributed by atoms with van der Waals surface area (Å²) < 4.78 is 47.5. The van der Waals surface area contributed by atoms with Crippen LogP contribution < -0.4 is 10.0 Å². The van der Waals surface area contributed by atoms with E-state index in [1.807, 2.05) is 0 Å². The molecule has 1 amide bonds. The molecule has 156 valence electrons. The predicted octanol–water partition coefficient (Wildman–Crippen LogP) is 3.12. The van der Waals surface area contributed by atoms with Gasteiger partial charge in [0.1, 0.15) is 5.82 Å². The SMILES string of the molecule is CC(=O)Nc1ccc(S(=O)(=O)NCC2(c3ccc(F)cc3)CCOCC2)c(C)c1. The number of amides is 1. The molecule has 0 spiro atoms. The Balaban J connectivity index is 1.83. The van der Waals surface area contributed by atoms with Crippen LogP contribution in [-0.2, 0) is 25.0 Å². The minimum absolute atomic E-state index is 0.160. The van der Waals surface area contributed by atoms with Crippen LogP contribution in [0.5, 0.6) is 0 Å². The van der Waals surface area contributed by atoms with Gasteiger partial charge in [-0.2, -0.15) is 0 Å². The molecular formula is C21H25FN2O4S. The molecule has 1 heterocycles. The van der Waals surface area contributed by atoms with Crippen LogP contribution in [0.2, 0.25) is 0 Å². The Labute approximate surface area is 170 Å². The second-order valence-corrected chi connectivity index (χ2v) is 9.12. The molecule has 0 bridgehead atoms. The number of anilines is 1. The molecule has 1 aliphatic rings. The van der Waals surface area contributed by atoms with Crippen LogP contribution in [0.1, 0.15) is 30.9 Å². The first-order valence-corrected chi connectivity index (χ1v) is 10.9. The average Bonchev–Trinajstić information content (AvgIpc) is 2.67. The molecule has 29 heavy (non-hydrogen) atoms. The van der Waals surface area contributed by atoms with Crippen LogP contribution in [0.3, 0.4) is 0 Å². The minimum Gasteiger partial charge on any atom is -0.381 e. The van der Waals surface area contributed by atoms with E-state index >= 15 is 0 Å². The summed E-state index contributed by atoms with van der Waals surface area (Å²) in [5.74, 6) is -0.551. The normalized spacial score (nSPS) is 16.4. The summed E-state index contributed by atoms with van der Waals surface area (Å²) in [4.78, 5) is 11.4. The summed E-state index contributed by atoms with van der Waals surface area (Å²) in [6.07, 6.45) is 1.28. The number of hydrogen-bond donors (Lipinski definition) is 2. The van der Waals surface area contributed by atoms with E-state index in [4.69, 9.17) is 4.74 Å². The van der Waals surface area contributed by atoms with Crippen LogP contribution in [0.4, 0.5) is 10.1 Å². The van der Waals surface area contributed by atoms with E-state index < -0.39 is 15.4 Å². The van der Waals surface area contributed by atoms with Crippen molar-refractivity contribution in [3.05, 3.63) is 59.4 Å². The van der Waals surface area contributed by atoms with Crippen LogP contribution in [0.25, 0.3) is 0 Å². The standard InChI is InChI=1S/C21H25FN2O4S/c1-15-13-19(24-16(2)25)7-8-20(15)29(26,27)23-14-21(9-11-28-12-10-21)17-3-5-18(22)6-4-17/h3-8,13,23H,9-12,14H2,1-2H3,(H,24,25). The maximum Gasteiger partial charge on any atom is 0.240 e. The van der Waals surface area contributed by atoms with Crippen molar-refractivity contribution in [3.63, 3.8) is 0 Å². The Morgan fingerprint density at radius 1 is 1.14 bits per heavy atom. The van der Waals surface area contributed by atoms with Crippen molar-refractivity contribution in [3.8, 4) is 0 Å². The molecule has 0 saturated carbocycles. The topological polar surface area (TPSA) is 84.5 Å².